The zero-order valence-corrected chi connectivity index (χ0v) is 14.3. The van der Waals surface area contributed by atoms with E-state index in [-0.39, 0.29) is 5.91 Å². The summed E-state index contributed by atoms with van der Waals surface area (Å²) in [5.74, 6) is -0.127. The first-order valence-corrected chi connectivity index (χ1v) is 8.16. The molecule has 0 spiro atoms. The van der Waals surface area contributed by atoms with Gasteiger partial charge in [0.05, 0.1) is 17.4 Å². The molecule has 0 radical (unpaired) electrons. The summed E-state index contributed by atoms with van der Waals surface area (Å²) in [6.07, 6.45) is 5.63. The van der Waals surface area contributed by atoms with Crippen molar-refractivity contribution in [3.8, 4) is 0 Å². The van der Waals surface area contributed by atoms with Gasteiger partial charge in [0.2, 0.25) is 0 Å². The van der Waals surface area contributed by atoms with E-state index in [1.807, 2.05) is 37.4 Å². The molecule has 0 saturated carbocycles. The lowest BCUT2D eigenvalue weighted by Crippen LogP contribution is -2.24. The second-order valence-electron chi connectivity index (χ2n) is 5.52. The van der Waals surface area contributed by atoms with Crippen LogP contribution in [0.15, 0.2) is 42.7 Å². The summed E-state index contributed by atoms with van der Waals surface area (Å²) in [7, 11) is 2.02. The number of hydrogen-bond acceptors (Lipinski definition) is 3. The molecule has 0 atom stereocenters. The lowest BCUT2D eigenvalue weighted by Gasteiger charge is -2.19. The lowest BCUT2D eigenvalue weighted by atomic mass is 10.2. The number of nitrogens with one attached hydrogen (secondary N) is 1. The molecule has 0 saturated heterocycles. The van der Waals surface area contributed by atoms with Crippen molar-refractivity contribution in [1.82, 2.24) is 10.3 Å². The van der Waals surface area contributed by atoms with Crippen LogP contribution >= 0.6 is 11.6 Å². The molecule has 0 bridgehead atoms. The van der Waals surface area contributed by atoms with Gasteiger partial charge in [-0.2, -0.15) is 0 Å². The average Bonchev–Trinajstić information content (AvgIpc) is 2.59. The summed E-state index contributed by atoms with van der Waals surface area (Å²) < 4.78 is 0. The maximum Gasteiger partial charge on any atom is 0.253 e. The highest BCUT2D eigenvalue weighted by Gasteiger charge is 2.09. The predicted molar refractivity (Wildman–Crippen MR) is 95.0 cm³/mol. The van der Waals surface area contributed by atoms with E-state index >= 15 is 0 Å². The highest BCUT2D eigenvalue weighted by atomic mass is 35.5. The normalized spacial score (nSPS) is 10.4. The van der Waals surface area contributed by atoms with Crippen molar-refractivity contribution in [2.75, 3.05) is 18.5 Å². The molecule has 5 heteroatoms. The van der Waals surface area contributed by atoms with E-state index in [4.69, 9.17) is 11.6 Å². The van der Waals surface area contributed by atoms with Crippen LogP contribution < -0.4 is 10.2 Å². The fraction of sp³-hybridized carbons (Fsp3) is 0.333. The Labute approximate surface area is 142 Å². The van der Waals surface area contributed by atoms with Crippen molar-refractivity contribution in [3.05, 3.63) is 58.9 Å². The predicted octanol–water partition coefficient (Wildman–Crippen LogP) is 3.90. The van der Waals surface area contributed by atoms with Crippen molar-refractivity contribution in [1.29, 1.82) is 0 Å². The molecule has 1 aromatic heterocycles. The van der Waals surface area contributed by atoms with Crippen LogP contribution in [-0.4, -0.2) is 24.5 Å². The number of amides is 1. The van der Waals surface area contributed by atoms with Crippen molar-refractivity contribution < 1.29 is 4.79 Å². The summed E-state index contributed by atoms with van der Waals surface area (Å²) >= 11 is 5.85. The van der Waals surface area contributed by atoms with E-state index in [9.17, 15) is 4.79 Å². The number of unbranched alkanes of at least 4 members (excludes halogenated alkanes) is 1. The summed E-state index contributed by atoms with van der Waals surface area (Å²) in [5.41, 5.74) is 2.53. The third-order valence-corrected chi connectivity index (χ3v) is 3.89. The molecule has 2 rings (SSSR count). The van der Waals surface area contributed by atoms with E-state index in [2.05, 4.69) is 22.1 Å². The molecule has 2 aromatic rings. The minimum atomic E-state index is -0.127. The molecule has 23 heavy (non-hydrogen) atoms. The Kier molecular flexibility index (Phi) is 6.41. The van der Waals surface area contributed by atoms with Gasteiger partial charge in [-0.05, 0) is 30.2 Å². The molecule has 1 N–H and O–H groups in total. The molecule has 0 aliphatic heterocycles. The van der Waals surface area contributed by atoms with Crippen LogP contribution in [0.25, 0.3) is 0 Å². The highest BCUT2D eigenvalue weighted by molar-refractivity contribution is 6.30. The quantitative estimate of drug-likeness (QED) is 0.836. The fourth-order valence-corrected chi connectivity index (χ4v) is 2.30. The number of aromatic nitrogens is 1. The maximum atomic E-state index is 12.3. The number of nitrogens with zero attached hydrogens (tertiary/aromatic N) is 2. The lowest BCUT2D eigenvalue weighted by molar-refractivity contribution is 0.0950. The largest absolute Gasteiger partial charge is 0.373 e. The Morgan fingerprint density at radius 1 is 1.26 bits per heavy atom. The number of pyridine rings is 1. The Morgan fingerprint density at radius 3 is 2.70 bits per heavy atom. The summed E-state index contributed by atoms with van der Waals surface area (Å²) in [6, 6.07) is 9.30. The number of anilines is 1. The SMILES string of the molecule is CCCCN(C)c1cncc(C(=O)NCc2ccc(Cl)cc2)c1. The van der Waals surface area contributed by atoms with Crippen molar-refractivity contribution >= 4 is 23.2 Å². The minimum absolute atomic E-state index is 0.127. The summed E-state index contributed by atoms with van der Waals surface area (Å²) in [5, 5.41) is 3.59. The average molecular weight is 332 g/mol. The molecule has 1 heterocycles. The zero-order chi connectivity index (χ0) is 16.7. The van der Waals surface area contributed by atoms with Gasteiger partial charge in [-0.1, -0.05) is 37.1 Å². The Balaban J connectivity index is 1.97. The molecule has 0 aliphatic rings. The monoisotopic (exact) mass is 331 g/mol. The smallest absolute Gasteiger partial charge is 0.253 e. The third kappa shape index (κ3) is 5.25. The first-order valence-electron chi connectivity index (χ1n) is 7.79. The van der Waals surface area contributed by atoms with Crippen LogP contribution in [0.4, 0.5) is 5.69 Å². The van der Waals surface area contributed by atoms with Gasteiger partial charge in [-0.15, -0.1) is 0 Å². The number of carbonyl (C=O) groups is 1. The number of halogens is 1. The fourth-order valence-electron chi connectivity index (χ4n) is 2.17. The van der Waals surface area contributed by atoms with Crippen molar-refractivity contribution in [2.45, 2.75) is 26.3 Å². The molecule has 0 fully saturated rings. The Morgan fingerprint density at radius 2 is 2.00 bits per heavy atom. The number of hydrogen-bond donors (Lipinski definition) is 1. The maximum absolute atomic E-state index is 12.3. The van der Waals surface area contributed by atoms with E-state index in [0.717, 1.165) is 30.6 Å². The Hall–Kier alpha value is -2.07. The standard InChI is InChI=1S/C18H22ClN3O/c1-3-4-9-22(2)17-10-15(12-20-13-17)18(23)21-11-14-5-7-16(19)8-6-14/h5-8,10,12-13H,3-4,9,11H2,1-2H3,(H,21,23). The Bertz CT molecular complexity index is 643. The molecule has 1 amide bonds. The van der Waals surface area contributed by atoms with Gasteiger partial charge in [0.25, 0.3) is 5.91 Å². The topological polar surface area (TPSA) is 45.2 Å². The first kappa shape index (κ1) is 17.3. The summed E-state index contributed by atoms with van der Waals surface area (Å²) in [6.45, 7) is 3.58. The van der Waals surface area contributed by atoms with E-state index in [1.54, 1.807) is 12.4 Å². The van der Waals surface area contributed by atoms with Gasteiger partial charge in [0.1, 0.15) is 0 Å². The summed E-state index contributed by atoms with van der Waals surface area (Å²) in [4.78, 5) is 18.6. The van der Waals surface area contributed by atoms with Gasteiger partial charge >= 0.3 is 0 Å². The number of rotatable bonds is 7. The van der Waals surface area contributed by atoms with Crippen molar-refractivity contribution in [2.24, 2.45) is 0 Å². The van der Waals surface area contributed by atoms with Crippen LogP contribution in [0.5, 0.6) is 0 Å². The van der Waals surface area contributed by atoms with Crippen LogP contribution in [0, 0.1) is 0 Å². The van der Waals surface area contributed by atoms with E-state index in [0.29, 0.717) is 17.1 Å². The molecule has 1 aromatic carbocycles. The molecule has 122 valence electrons. The minimum Gasteiger partial charge on any atom is -0.373 e. The molecule has 4 nitrogen and oxygen atoms in total. The number of carbonyl (C=O) groups excluding carboxylic acids is 1. The number of benzene rings is 1. The molecule has 0 aliphatic carbocycles. The van der Waals surface area contributed by atoms with Gasteiger partial charge in [-0.3, -0.25) is 9.78 Å². The van der Waals surface area contributed by atoms with Crippen LogP contribution in [0.3, 0.4) is 0 Å². The van der Waals surface area contributed by atoms with Gasteiger partial charge < -0.3 is 10.2 Å². The van der Waals surface area contributed by atoms with Crippen molar-refractivity contribution in [3.63, 3.8) is 0 Å². The third-order valence-electron chi connectivity index (χ3n) is 3.64. The van der Waals surface area contributed by atoms with Gasteiger partial charge in [0, 0.05) is 31.4 Å². The molecule has 0 unspecified atom stereocenters. The first-order chi connectivity index (χ1) is 11.1. The van der Waals surface area contributed by atoms with Gasteiger partial charge in [-0.25, -0.2) is 0 Å². The van der Waals surface area contributed by atoms with E-state index in [1.165, 1.54) is 0 Å². The highest BCUT2D eigenvalue weighted by Crippen LogP contribution is 2.14. The van der Waals surface area contributed by atoms with Crippen LogP contribution in [0.2, 0.25) is 5.02 Å². The zero-order valence-electron chi connectivity index (χ0n) is 13.6. The second kappa shape index (κ2) is 8.53. The molecular formula is C18H22ClN3O. The molecular weight excluding hydrogens is 310 g/mol. The van der Waals surface area contributed by atoms with Crippen LogP contribution in [0.1, 0.15) is 35.7 Å². The van der Waals surface area contributed by atoms with Gasteiger partial charge in [0.15, 0.2) is 0 Å². The second-order valence-corrected chi connectivity index (χ2v) is 5.95. The van der Waals surface area contributed by atoms with Crippen LogP contribution in [-0.2, 0) is 6.54 Å². The van der Waals surface area contributed by atoms with E-state index < -0.39 is 0 Å².